The molecule has 1 rings (SSSR count). The number of hydrogen-bond donors (Lipinski definition) is 2. The average molecular weight is 252 g/mol. The minimum absolute atomic E-state index is 0.324. The lowest BCUT2D eigenvalue weighted by atomic mass is 9.90. The number of nitrogens with one attached hydrogen (secondary N) is 2. The van der Waals surface area contributed by atoms with Crippen molar-refractivity contribution in [2.75, 3.05) is 13.1 Å². The van der Waals surface area contributed by atoms with E-state index in [0.717, 1.165) is 25.3 Å². The Hall–Kier alpha value is -0.290. The molecule has 2 N–H and O–H groups in total. The van der Waals surface area contributed by atoms with Crippen molar-refractivity contribution < 1.29 is 13.2 Å². The second-order valence-electron chi connectivity index (χ2n) is 5.08. The van der Waals surface area contributed by atoms with E-state index in [9.17, 15) is 13.2 Å². The summed E-state index contributed by atoms with van der Waals surface area (Å²) in [7, 11) is 0. The summed E-state index contributed by atoms with van der Waals surface area (Å²) in [5, 5.41) is 6.33. The summed E-state index contributed by atoms with van der Waals surface area (Å²) in [5.41, 5.74) is 0. The lowest BCUT2D eigenvalue weighted by Crippen LogP contribution is -2.46. The maximum atomic E-state index is 12.1. The SMILES string of the molecule is CCC1CCNC(CNC(C)CC(F)(F)F)C1. The van der Waals surface area contributed by atoms with Gasteiger partial charge in [-0.25, -0.2) is 0 Å². The highest BCUT2D eigenvalue weighted by Gasteiger charge is 2.30. The summed E-state index contributed by atoms with van der Waals surface area (Å²) in [6.45, 7) is 5.38. The molecule has 0 radical (unpaired) electrons. The van der Waals surface area contributed by atoms with Gasteiger partial charge in [0.2, 0.25) is 0 Å². The lowest BCUT2D eigenvalue weighted by molar-refractivity contribution is -0.139. The quantitative estimate of drug-likeness (QED) is 0.786. The highest BCUT2D eigenvalue weighted by atomic mass is 19.4. The Bertz CT molecular complexity index is 218. The fraction of sp³-hybridized carbons (Fsp3) is 1.00. The molecule has 0 spiro atoms. The van der Waals surface area contributed by atoms with E-state index in [2.05, 4.69) is 17.6 Å². The molecule has 2 nitrogen and oxygen atoms in total. The molecule has 0 bridgehead atoms. The molecule has 0 aromatic carbocycles. The van der Waals surface area contributed by atoms with Gasteiger partial charge in [-0.1, -0.05) is 13.3 Å². The molecule has 1 heterocycles. The Balaban J connectivity index is 2.21. The summed E-state index contributed by atoms with van der Waals surface area (Å²) in [6, 6.07) is -0.178. The molecular weight excluding hydrogens is 229 g/mol. The van der Waals surface area contributed by atoms with Crippen LogP contribution in [0.3, 0.4) is 0 Å². The van der Waals surface area contributed by atoms with Crippen LogP contribution in [0.4, 0.5) is 13.2 Å². The highest BCUT2D eigenvalue weighted by molar-refractivity contribution is 4.80. The van der Waals surface area contributed by atoms with Gasteiger partial charge in [0.15, 0.2) is 0 Å². The Labute approximate surface area is 101 Å². The van der Waals surface area contributed by atoms with E-state index in [1.165, 1.54) is 6.42 Å². The van der Waals surface area contributed by atoms with E-state index in [0.29, 0.717) is 12.6 Å². The van der Waals surface area contributed by atoms with Crippen molar-refractivity contribution in [1.82, 2.24) is 10.6 Å². The molecule has 0 aromatic heterocycles. The number of hydrogen-bond acceptors (Lipinski definition) is 2. The molecular formula is C12H23F3N2. The smallest absolute Gasteiger partial charge is 0.313 e. The second-order valence-corrected chi connectivity index (χ2v) is 5.08. The molecule has 0 aromatic rings. The largest absolute Gasteiger partial charge is 0.390 e. The van der Waals surface area contributed by atoms with Crippen molar-refractivity contribution >= 4 is 0 Å². The van der Waals surface area contributed by atoms with Gasteiger partial charge in [-0.2, -0.15) is 13.2 Å². The molecule has 17 heavy (non-hydrogen) atoms. The number of halogens is 3. The predicted octanol–water partition coefficient (Wildman–Crippen LogP) is 2.70. The van der Waals surface area contributed by atoms with Gasteiger partial charge in [-0.05, 0) is 32.2 Å². The van der Waals surface area contributed by atoms with Gasteiger partial charge in [0.1, 0.15) is 0 Å². The Morgan fingerprint density at radius 2 is 2.12 bits per heavy atom. The number of rotatable bonds is 5. The molecule has 0 saturated carbocycles. The van der Waals surface area contributed by atoms with Crippen molar-refractivity contribution in [2.45, 2.75) is 57.8 Å². The standard InChI is InChI=1S/C12H23F3N2/c1-3-10-4-5-16-11(6-10)8-17-9(2)7-12(13,14)15/h9-11,16-17H,3-8H2,1-2H3. The van der Waals surface area contributed by atoms with Gasteiger partial charge in [0.05, 0.1) is 6.42 Å². The van der Waals surface area contributed by atoms with Crippen LogP contribution in [-0.2, 0) is 0 Å². The summed E-state index contributed by atoms with van der Waals surface area (Å²) in [5.74, 6) is 0.723. The molecule has 1 aliphatic heterocycles. The minimum Gasteiger partial charge on any atom is -0.313 e. The topological polar surface area (TPSA) is 24.1 Å². The van der Waals surface area contributed by atoms with Gasteiger partial charge >= 0.3 is 6.18 Å². The summed E-state index contributed by atoms with van der Waals surface area (Å²) < 4.78 is 36.4. The van der Waals surface area contributed by atoms with Gasteiger partial charge < -0.3 is 10.6 Å². The van der Waals surface area contributed by atoms with Crippen LogP contribution in [0.25, 0.3) is 0 Å². The van der Waals surface area contributed by atoms with Crippen molar-refractivity contribution in [1.29, 1.82) is 0 Å². The van der Waals surface area contributed by atoms with Crippen LogP contribution in [0, 0.1) is 5.92 Å². The molecule has 1 fully saturated rings. The van der Waals surface area contributed by atoms with E-state index in [1.807, 2.05) is 0 Å². The van der Waals surface area contributed by atoms with E-state index in [-0.39, 0.29) is 0 Å². The first-order valence-electron chi connectivity index (χ1n) is 6.44. The third-order valence-corrected chi connectivity index (χ3v) is 3.43. The van der Waals surface area contributed by atoms with Crippen LogP contribution in [0.1, 0.15) is 39.5 Å². The zero-order valence-corrected chi connectivity index (χ0v) is 10.6. The summed E-state index contributed by atoms with van der Waals surface area (Å²) in [4.78, 5) is 0. The fourth-order valence-electron chi connectivity index (χ4n) is 2.38. The molecule has 0 aliphatic carbocycles. The normalized spacial score (nSPS) is 28.1. The third-order valence-electron chi connectivity index (χ3n) is 3.43. The monoisotopic (exact) mass is 252 g/mol. The van der Waals surface area contributed by atoms with E-state index >= 15 is 0 Å². The Kier molecular flexibility index (Phi) is 5.73. The Morgan fingerprint density at radius 3 is 2.71 bits per heavy atom. The zero-order valence-electron chi connectivity index (χ0n) is 10.6. The molecule has 3 unspecified atom stereocenters. The molecule has 1 aliphatic rings. The minimum atomic E-state index is -4.07. The van der Waals surface area contributed by atoms with Crippen LogP contribution in [0.2, 0.25) is 0 Å². The first-order chi connectivity index (χ1) is 7.90. The number of alkyl halides is 3. The van der Waals surface area contributed by atoms with Crippen molar-refractivity contribution in [3.8, 4) is 0 Å². The maximum Gasteiger partial charge on any atom is 0.390 e. The van der Waals surface area contributed by atoms with Gasteiger partial charge in [-0.15, -0.1) is 0 Å². The molecule has 0 amide bonds. The average Bonchev–Trinajstić information content (AvgIpc) is 2.24. The van der Waals surface area contributed by atoms with Crippen LogP contribution in [0.5, 0.6) is 0 Å². The van der Waals surface area contributed by atoms with Crippen LogP contribution >= 0.6 is 0 Å². The van der Waals surface area contributed by atoms with Crippen LogP contribution in [0.15, 0.2) is 0 Å². The van der Waals surface area contributed by atoms with Crippen molar-refractivity contribution in [3.63, 3.8) is 0 Å². The van der Waals surface area contributed by atoms with Gasteiger partial charge in [0, 0.05) is 18.6 Å². The van der Waals surface area contributed by atoms with Crippen LogP contribution in [-0.4, -0.2) is 31.3 Å². The highest BCUT2D eigenvalue weighted by Crippen LogP contribution is 2.22. The summed E-state index contributed by atoms with van der Waals surface area (Å²) >= 11 is 0. The maximum absolute atomic E-state index is 12.1. The lowest BCUT2D eigenvalue weighted by Gasteiger charge is -2.31. The zero-order chi connectivity index (χ0) is 12.9. The van der Waals surface area contributed by atoms with E-state index in [1.54, 1.807) is 6.92 Å². The van der Waals surface area contributed by atoms with Crippen molar-refractivity contribution in [2.24, 2.45) is 5.92 Å². The Morgan fingerprint density at radius 1 is 1.41 bits per heavy atom. The van der Waals surface area contributed by atoms with Crippen molar-refractivity contribution in [3.05, 3.63) is 0 Å². The molecule has 3 atom stereocenters. The molecule has 1 saturated heterocycles. The van der Waals surface area contributed by atoms with E-state index < -0.39 is 18.6 Å². The molecule has 102 valence electrons. The second kappa shape index (κ2) is 6.59. The molecule has 5 heteroatoms. The summed E-state index contributed by atoms with van der Waals surface area (Å²) in [6.07, 6.45) is -1.40. The fourth-order valence-corrected chi connectivity index (χ4v) is 2.38. The van der Waals surface area contributed by atoms with Gasteiger partial charge in [-0.3, -0.25) is 0 Å². The third kappa shape index (κ3) is 6.27. The first kappa shape index (κ1) is 14.8. The predicted molar refractivity (Wildman–Crippen MR) is 62.9 cm³/mol. The van der Waals surface area contributed by atoms with E-state index in [4.69, 9.17) is 0 Å². The number of piperidine rings is 1. The van der Waals surface area contributed by atoms with Crippen LogP contribution < -0.4 is 10.6 Å². The first-order valence-corrected chi connectivity index (χ1v) is 6.44. The van der Waals surface area contributed by atoms with Gasteiger partial charge in [0.25, 0.3) is 0 Å².